The summed E-state index contributed by atoms with van der Waals surface area (Å²) in [5, 5.41) is 3.46. The minimum atomic E-state index is -0.186. The van der Waals surface area contributed by atoms with Crippen LogP contribution in [-0.2, 0) is 6.42 Å². The van der Waals surface area contributed by atoms with E-state index in [9.17, 15) is 4.39 Å². The summed E-state index contributed by atoms with van der Waals surface area (Å²) in [7, 11) is 3.17. The van der Waals surface area contributed by atoms with Crippen molar-refractivity contribution >= 4 is 0 Å². The molecule has 0 spiro atoms. The van der Waals surface area contributed by atoms with Crippen LogP contribution in [0.3, 0.4) is 0 Å². The number of fused-ring (bicyclic) bond motifs is 1. The average molecular weight is 281 g/mol. The summed E-state index contributed by atoms with van der Waals surface area (Å²) in [4.78, 5) is 0. The Kier molecular flexibility index (Phi) is 4.86. The van der Waals surface area contributed by atoms with Crippen LogP contribution in [0.15, 0.2) is 6.07 Å². The zero-order valence-corrected chi connectivity index (χ0v) is 12.8. The molecule has 20 heavy (non-hydrogen) atoms. The summed E-state index contributed by atoms with van der Waals surface area (Å²) in [5.74, 6) is 1.52. The van der Waals surface area contributed by atoms with E-state index in [-0.39, 0.29) is 11.9 Å². The molecule has 0 heterocycles. The Morgan fingerprint density at radius 2 is 2.10 bits per heavy atom. The van der Waals surface area contributed by atoms with Crippen LogP contribution < -0.4 is 14.8 Å². The number of ether oxygens (including phenoxy) is 2. The third-order valence-corrected chi connectivity index (χ3v) is 4.09. The van der Waals surface area contributed by atoms with Gasteiger partial charge >= 0.3 is 0 Å². The second-order valence-corrected chi connectivity index (χ2v) is 5.48. The lowest BCUT2D eigenvalue weighted by molar-refractivity contribution is 0.339. The third-order valence-electron chi connectivity index (χ3n) is 4.09. The average Bonchev–Trinajstić information content (AvgIpc) is 2.59. The van der Waals surface area contributed by atoms with E-state index in [1.807, 2.05) is 0 Å². The molecule has 3 nitrogen and oxygen atoms in total. The molecule has 0 aliphatic heterocycles. The molecule has 0 bridgehead atoms. The van der Waals surface area contributed by atoms with Gasteiger partial charge in [-0.05, 0) is 37.3 Å². The number of hydrogen-bond acceptors (Lipinski definition) is 3. The summed E-state index contributed by atoms with van der Waals surface area (Å²) in [5.41, 5.74) is 1.72. The van der Waals surface area contributed by atoms with Crippen LogP contribution in [0.4, 0.5) is 4.39 Å². The molecule has 0 aromatic heterocycles. The van der Waals surface area contributed by atoms with Crippen LogP contribution in [0.2, 0.25) is 0 Å². The van der Waals surface area contributed by atoms with Crippen molar-refractivity contribution in [3.63, 3.8) is 0 Å². The summed E-state index contributed by atoms with van der Waals surface area (Å²) in [6, 6.07) is 1.56. The van der Waals surface area contributed by atoms with Crippen molar-refractivity contribution in [3.05, 3.63) is 23.0 Å². The molecule has 0 saturated carbocycles. The van der Waals surface area contributed by atoms with E-state index < -0.39 is 0 Å². The quantitative estimate of drug-likeness (QED) is 0.857. The van der Waals surface area contributed by atoms with Gasteiger partial charge in [-0.3, -0.25) is 0 Å². The van der Waals surface area contributed by atoms with E-state index in [0.29, 0.717) is 17.4 Å². The Balaban J connectivity index is 2.60. The highest BCUT2D eigenvalue weighted by atomic mass is 19.1. The largest absolute Gasteiger partial charge is 0.493 e. The number of methoxy groups -OCH3 is 2. The second-order valence-electron chi connectivity index (χ2n) is 5.48. The molecular weight excluding hydrogens is 257 g/mol. The molecule has 2 unspecified atom stereocenters. The molecule has 0 saturated heterocycles. The fraction of sp³-hybridized carbons (Fsp3) is 0.625. The lowest BCUT2D eigenvalue weighted by Gasteiger charge is -2.24. The van der Waals surface area contributed by atoms with Crippen molar-refractivity contribution in [1.82, 2.24) is 5.32 Å². The Hall–Kier alpha value is -1.29. The minimum absolute atomic E-state index is 0.118. The molecular formula is C16H24FNO2. The van der Waals surface area contributed by atoms with E-state index in [4.69, 9.17) is 9.47 Å². The van der Waals surface area contributed by atoms with Gasteiger partial charge in [0.15, 0.2) is 11.5 Å². The SMILES string of the molecule is CCNC1CC(C)CCc2c(F)cc(OC)c(OC)c21. The molecule has 0 amide bonds. The van der Waals surface area contributed by atoms with Crippen molar-refractivity contribution in [2.24, 2.45) is 5.92 Å². The molecule has 1 aliphatic carbocycles. The van der Waals surface area contributed by atoms with Crippen molar-refractivity contribution in [3.8, 4) is 11.5 Å². The van der Waals surface area contributed by atoms with E-state index in [0.717, 1.165) is 36.9 Å². The summed E-state index contributed by atoms with van der Waals surface area (Å²) >= 11 is 0. The Morgan fingerprint density at radius 3 is 2.70 bits per heavy atom. The number of nitrogens with one attached hydrogen (secondary N) is 1. The molecule has 1 aromatic carbocycles. The number of hydrogen-bond donors (Lipinski definition) is 1. The van der Waals surface area contributed by atoms with Gasteiger partial charge < -0.3 is 14.8 Å². The first-order valence-electron chi connectivity index (χ1n) is 7.28. The molecule has 1 aliphatic rings. The van der Waals surface area contributed by atoms with Gasteiger partial charge in [0.05, 0.1) is 14.2 Å². The molecule has 4 heteroatoms. The summed E-state index contributed by atoms with van der Waals surface area (Å²) in [6.07, 6.45) is 2.75. The predicted octanol–water partition coefficient (Wildman–Crippen LogP) is 3.47. The zero-order valence-electron chi connectivity index (χ0n) is 12.8. The van der Waals surface area contributed by atoms with Gasteiger partial charge in [0, 0.05) is 17.7 Å². The fourth-order valence-electron chi connectivity index (χ4n) is 3.11. The van der Waals surface area contributed by atoms with Gasteiger partial charge in [-0.25, -0.2) is 4.39 Å². The molecule has 1 N–H and O–H groups in total. The lowest BCUT2D eigenvalue weighted by Crippen LogP contribution is -2.23. The van der Waals surface area contributed by atoms with Crippen molar-refractivity contribution < 1.29 is 13.9 Å². The Morgan fingerprint density at radius 1 is 1.35 bits per heavy atom. The van der Waals surface area contributed by atoms with Crippen LogP contribution in [0, 0.1) is 11.7 Å². The van der Waals surface area contributed by atoms with Crippen LogP contribution in [0.5, 0.6) is 11.5 Å². The second kappa shape index (κ2) is 6.44. The fourth-order valence-corrected chi connectivity index (χ4v) is 3.11. The Bertz CT molecular complexity index is 476. The monoisotopic (exact) mass is 281 g/mol. The highest BCUT2D eigenvalue weighted by Gasteiger charge is 2.29. The van der Waals surface area contributed by atoms with E-state index in [2.05, 4.69) is 19.2 Å². The third kappa shape index (κ3) is 2.75. The maximum Gasteiger partial charge on any atom is 0.165 e. The van der Waals surface area contributed by atoms with Gasteiger partial charge in [0.2, 0.25) is 0 Å². The number of benzene rings is 1. The molecule has 0 radical (unpaired) electrons. The van der Waals surface area contributed by atoms with E-state index in [1.165, 1.54) is 6.07 Å². The van der Waals surface area contributed by atoms with Crippen molar-refractivity contribution in [2.75, 3.05) is 20.8 Å². The molecule has 112 valence electrons. The summed E-state index contributed by atoms with van der Waals surface area (Å²) < 4.78 is 25.2. The standard InChI is InChI=1S/C16H24FNO2/c1-5-18-13-8-10(2)6-7-11-12(17)9-14(19-3)16(20-4)15(11)13/h9-10,13,18H,5-8H2,1-4H3. The maximum absolute atomic E-state index is 14.4. The van der Waals surface area contributed by atoms with Gasteiger partial charge in [-0.1, -0.05) is 13.8 Å². The Labute approximate surface area is 120 Å². The number of rotatable bonds is 4. The molecule has 2 atom stereocenters. The van der Waals surface area contributed by atoms with Crippen LogP contribution in [-0.4, -0.2) is 20.8 Å². The first-order valence-corrected chi connectivity index (χ1v) is 7.28. The smallest absolute Gasteiger partial charge is 0.165 e. The highest BCUT2D eigenvalue weighted by Crippen LogP contribution is 2.43. The first-order chi connectivity index (χ1) is 9.62. The van der Waals surface area contributed by atoms with E-state index >= 15 is 0 Å². The molecule has 0 fully saturated rings. The first kappa shape index (κ1) is 15.1. The number of halogens is 1. The normalized spacial score (nSPS) is 22.1. The lowest BCUT2D eigenvalue weighted by atomic mass is 9.95. The van der Waals surface area contributed by atoms with Gasteiger partial charge in [-0.2, -0.15) is 0 Å². The van der Waals surface area contributed by atoms with Crippen LogP contribution in [0.25, 0.3) is 0 Å². The van der Waals surface area contributed by atoms with Gasteiger partial charge in [0.25, 0.3) is 0 Å². The highest BCUT2D eigenvalue weighted by molar-refractivity contribution is 5.53. The van der Waals surface area contributed by atoms with E-state index in [1.54, 1.807) is 14.2 Å². The van der Waals surface area contributed by atoms with Crippen LogP contribution in [0.1, 0.15) is 43.9 Å². The van der Waals surface area contributed by atoms with Crippen molar-refractivity contribution in [1.29, 1.82) is 0 Å². The summed E-state index contributed by atoms with van der Waals surface area (Å²) in [6.45, 7) is 5.13. The topological polar surface area (TPSA) is 30.5 Å². The maximum atomic E-state index is 14.4. The van der Waals surface area contributed by atoms with Crippen LogP contribution >= 0.6 is 0 Å². The van der Waals surface area contributed by atoms with Gasteiger partial charge in [0.1, 0.15) is 5.82 Å². The molecule has 1 aromatic rings. The minimum Gasteiger partial charge on any atom is -0.493 e. The van der Waals surface area contributed by atoms with Crippen molar-refractivity contribution in [2.45, 2.75) is 39.2 Å². The molecule has 2 rings (SSSR count). The van der Waals surface area contributed by atoms with Gasteiger partial charge in [-0.15, -0.1) is 0 Å². The zero-order chi connectivity index (χ0) is 14.7. The predicted molar refractivity (Wildman–Crippen MR) is 78.0 cm³/mol.